The molecule has 0 amide bonds. The first-order valence-electron chi connectivity index (χ1n) is 5.17. The van der Waals surface area contributed by atoms with E-state index in [0.717, 1.165) is 10.6 Å². The van der Waals surface area contributed by atoms with Crippen LogP contribution in [0.15, 0.2) is 29.6 Å². The van der Waals surface area contributed by atoms with Gasteiger partial charge in [-0.1, -0.05) is 0 Å². The molecule has 1 aromatic carbocycles. The van der Waals surface area contributed by atoms with E-state index in [-0.39, 0.29) is 12.2 Å². The Bertz CT molecular complexity index is 553. The summed E-state index contributed by atoms with van der Waals surface area (Å²) in [6, 6.07) is 6.03. The van der Waals surface area contributed by atoms with E-state index in [1.165, 1.54) is 23.5 Å². The molecule has 1 N–H and O–H groups in total. The zero-order valence-electron chi connectivity index (χ0n) is 9.21. The van der Waals surface area contributed by atoms with E-state index >= 15 is 0 Å². The third-order valence-electron chi connectivity index (χ3n) is 2.33. The Morgan fingerprint density at radius 2 is 2.11 bits per heavy atom. The van der Waals surface area contributed by atoms with Crippen molar-refractivity contribution in [2.45, 2.75) is 11.7 Å². The Balaban J connectivity index is 2.15. The number of aliphatic carboxylic acids is 1. The molecule has 0 fully saturated rings. The van der Waals surface area contributed by atoms with Gasteiger partial charge in [0, 0.05) is 17.4 Å². The highest BCUT2D eigenvalue weighted by molar-refractivity contribution is 7.81. The summed E-state index contributed by atoms with van der Waals surface area (Å²) in [6.45, 7) is 0. The van der Waals surface area contributed by atoms with E-state index < -0.39 is 11.2 Å². The average molecular weight is 283 g/mol. The molecule has 0 radical (unpaired) electrons. The summed E-state index contributed by atoms with van der Waals surface area (Å²) < 4.78 is 12.8. The van der Waals surface area contributed by atoms with Crippen LogP contribution in [0.25, 0.3) is 10.6 Å². The lowest BCUT2D eigenvalue weighted by Crippen LogP contribution is -2.16. The molecule has 0 spiro atoms. The lowest BCUT2D eigenvalue weighted by Gasteiger charge is -2.01. The maximum atomic E-state index is 12.8. The second-order valence-corrected chi connectivity index (χ2v) is 5.19. The quantitative estimate of drug-likeness (QED) is 0.848. The van der Waals surface area contributed by atoms with Crippen molar-refractivity contribution in [1.29, 1.82) is 0 Å². The predicted molar refractivity (Wildman–Crippen MR) is 71.6 cm³/mol. The van der Waals surface area contributed by atoms with Crippen LogP contribution in [0.4, 0.5) is 4.39 Å². The lowest BCUT2D eigenvalue weighted by atomic mass is 10.2. The number of carboxylic acids is 1. The molecule has 0 saturated heterocycles. The van der Waals surface area contributed by atoms with Gasteiger partial charge in [0.05, 0.1) is 5.69 Å². The molecule has 1 aromatic heterocycles. The second-order valence-electron chi connectivity index (χ2n) is 3.71. The van der Waals surface area contributed by atoms with Gasteiger partial charge in [0.2, 0.25) is 0 Å². The van der Waals surface area contributed by atoms with E-state index in [0.29, 0.717) is 5.69 Å². The highest BCUT2D eigenvalue weighted by Crippen LogP contribution is 2.24. The van der Waals surface area contributed by atoms with Crippen LogP contribution in [0.3, 0.4) is 0 Å². The molecule has 0 aliphatic heterocycles. The van der Waals surface area contributed by atoms with Crippen molar-refractivity contribution in [3.63, 3.8) is 0 Å². The molecular weight excluding hydrogens is 273 g/mol. The fourth-order valence-electron chi connectivity index (χ4n) is 1.41. The number of carboxylic acid groups (broad SMARTS) is 1. The van der Waals surface area contributed by atoms with Crippen LogP contribution in [0.1, 0.15) is 5.69 Å². The first-order valence-corrected chi connectivity index (χ1v) is 6.57. The highest BCUT2D eigenvalue weighted by Gasteiger charge is 2.15. The van der Waals surface area contributed by atoms with Crippen molar-refractivity contribution in [1.82, 2.24) is 4.98 Å². The summed E-state index contributed by atoms with van der Waals surface area (Å²) in [5, 5.41) is 10.5. The van der Waals surface area contributed by atoms with Gasteiger partial charge in [0.1, 0.15) is 16.1 Å². The van der Waals surface area contributed by atoms with E-state index in [4.69, 9.17) is 5.11 Å². The van der Waals surface area contributed by atoms with Gasteiger partial charge in [-0.2, -0.15) is 12.6 Å². The largest absolute Gasteiger partial charge is 0.480 e. The number of hydrogen-bond acceptors (Lipinski definition) is 4. The maximum Gasteiger partial charge on any atom is 0.316 e. The Kier molecular flexibility index (Phi) is 3.98. The normalized spacial score (nSPS) is 12.3. The summed E-state index contributed by atoms with van der Waals surface area (Å²) in [6.07, 6.45) is 0.274. The molecule has 2 aromatic rings. The highest BCUT2D eigenvalue weighted by atomic mass is 32.1. The van der Waals surface area contributed by atoms with Crippen molar-refractivity contribution in [3.05, 3.63) is 41.2 Å². The average Bonchev–Trinajstić information content (AvgIpc) is 2.78. The van der Waals surface area contributed by atoms with Gasteiger partial charge in [0.15, 0.2) is 0 Å². The predicted octanol–water partition coefficient (Wildman–Crippen LogP) is 2.87. The van der Waals surface area contributed by atoms with Gasteiger partial charge in [-0.15, -0.1) is 11.3 Å². The summed E-state index contributed by atoms with van der Waals surface area (Å²) >= 11 is 5.36. The van der Waals surface area contributed by atoms with Crippen molar-refractivity contribution >= 4 is 29.9 Å². The SMILES string of the molecule is O=C(O)C(S)Cc1csc(-c2ccc(F)cc2)n1. The number of aromatic nitrogens is 1. The van der Waals surface area contributed by atoms with Crippen LogP contribution in [-0.2, 0) is 11.2 Å². The van der Waals surface area contributed by atoms with Crippen LogP contribution in [0.5, 0.6) is 0 Å². The van der Waals surface area contributed by atoms with Crippen LogP contribution < -0.4 is 0 Å². The topological polar surface area (TPSA) is 50.2 Å². The molecule has 6 heteroatoms. The molecule has 94 valence electrons. The lowest BCUT2D eigenvalue weighted by molar-refractivity contribution is -0.136. The number of hydrogen-bond donors (Lipinski definition) is 2. The molecular formula is C12H10FNO2S2. The van der Waals surface area contributed by atoms with Gasteiger partial charge in [-0.25, -0.2) is 9.37 Å². The van der Waals surface area contributed by atoms with Gasteiger partial charge >= 0.3 is 5.97 Å². The van der Waals surface area contributed by atoms with Crippen molar-refractivity contribution < 1.29 is 14.3 Å². The molecule has 2 rings (SSSR count). The molecule has 1 atom stereocenters. The van der Waals surface area contributed by atoms with Gasteiger partial charge in [-0.3, -0.25) is 4.79 Å². The Hall–Kier alpha value is -1.40. The first kappa shape index (κ1) is 13.0. The van der Waals surface area contributed by atoms with E-state index in [1.807, 2.05) is 0 Å². The minimum Gasteiger partial charge on any atom is -0.480 e. The zero-order valence-corrected chi connectivity index (χ0v) is 10.9. The molecule has 3 nitrogen and oxygen atoms in total. The van der Waals surface area contributed by atoms with Crippen molar-refractivity contribution in [3.8, 4) is 10.6 Å². The van der Waals surface area contributed by atoms with Crippen LogP contribution >= 0.6 is 24.0 Å². The second kappa shape index (κ2) is 5.49. The van der Waals surface area contributed by atoms with Crippen LogP contribution in [0.2, 0.25) is 0 Å². The molecule has 0 bridgehead atoms. The maximum absolute atomic E-state index is 12.8. The standard InChI is InChI=1S/C12H10FNO2S2/c13-8-3-1-7(2-4-8)11-14-9(6-18-11)5-10(17)12(15)16/h1-4,6,10,17H,5H2,(H,15,16). The van der Waals surface area contributed by atoms with Gasteiger partial charge in [-0.05, 0) is 24.3 Å². The van der Waals surface area contributed by atoms with E-state index in [2.05, 4.69) is 17.6 Å². The molecule has 18 heavy (non-hydrogen) atoms. The minimum atomic E-state index is -0.963. The molecule has 1 unspecified atom stereocenters. The molecule has 1 heterocycles. The Morgan fingerprint density at radius 1 is 1.44 bits per heavy atom. The molecule has 0 saturated carbocycles. The van der Waals surface area contributed by atoms with E-state index in [9.17, 15) is 9.18 Å². The fraction of sp³-hybridized carbons (Fsp3) is 0.167. The Labute approximate surface area is 113 Å². The number of thiol groups is 1. The summed E-state index contributed by atoms with van der Waals surface area (Å²) in [4.78, 5) is 15.0. The number of carbonyl (C=O) groups is 1. The fourth-order valence-corrected chi connectivity index (χ4v) is 2.44. The van der Waals surface area contributed by atoms with Crippen molar-refractivity contribution in [2.75, 3.05) is 0 Å². The van der Waals surface area contributed by atoms with E-state index in [1.54, 1.807) is 17.5 Å². The first-order chi connectivity index (χ1) is 8.56. The van der Waals surface area contributed by atoms with Gasteiger partial charge < -0.3 is 5.11 Å². The minimum absolute atomic E-state index is 0.274. The smallest absolute Gasteiger partial charge is 0.316 e. The van der Waals surface area contributed by atoms with Crippen LogP contribution in [-0.4, -0.2) is 21.3 Å². The molecule has 0 aliphatic carbocycles. The monoisotopic (exact) mass is 283 g/mol. The summed E-state index contributed by atoms with van der Waals surface area (Å²) in [7, 11) is 0. The summed E-state index contributed by atoms with van der Waals surface area (Å²) in [5.41, 5.74) is 1.50. The Morgan fingerprint density at radius 3 is 2.72 bits per heavy atom. The number of nitrogens with zero attached hydrogens (tertiary/aromatic N) is 1. The van der Waals surface area contributed by atoms with Crippen molar-refractivity contribution in [2.24, 2.45) is 0 Å². The summed E-state index contributed by atoms with van der Waals surface area (Å²) in [5.74, 6) is -1.26. The zero-order chi connectivity index (χ0) is 13.1. The number of thiazole rings is 1. The third-order valence-corrected chi connectivity index (χ3v) is 3.67. The number of halogens is 1. The third kappa shape index (κ3) is 3.08. The number of rotatable bonds is 4. The van der Waals surface area contributed by atoms with Crippen LogP contribution in [0, 0.1) is 5.82 Å². The van der Waals surface area contributed by atoms with Gasteiger partial charge in [0.25, 0.3) is 0 Å². The number of benzene rings is 1. The molecule has 0 aliphatic rings.